The summed E-state index contributed by atoms with van der Waals surface area (Å²) in [6.45, 7) is 6.78. The Bertz CT molecular complexity index is 1260. The molecule has 9 nitrogen and oxygen atoms in total. The summed E-state index contributed by atoms with van der Waals surface area (Å²) in [7, 11) is 0. The van der Waals surface area contributed by atoms with E-state index < -0.39 is 11.4 Å². The minimum atomic E-state index is -0.627. The lowest BCUT2D eigenvalue weighted by atomic mass is 10.1. The Morgan fingerprint density at radius 1 is 1.20 bits per heavy atom. The molecule has 0 radical (unpaired) electrons. The van der Waals surface area contributed by atoms with Crippen molar-refractivity contribution in [1.82, 2.24) is 24.6 Å². The van der Waals surface area contributed by atoms with Gasteiger partial charge < -0.3 is 15.0 Å². The lowest BCUT2D eigenvalue weighted by molar-refractivity contribution is 0.0185. The van der Waals surface area contributed by atoms with Crippen molar-refractivity contribution in [3.63, 3.8) is 0 Å². The zero-order valence-corrected chi connectivity index (χ0v) is 20.4. The van der Waals surface area contributed by atoms with Crippen LogP contribution in [0.15, 0.2) is 36.9 Å². The van der Waals surface area contributed by atoms with Gasteiger partial charge in [-0.25, -0.2) is 19.2 Å². The summed E-state index contributed by atoms with van der Waals surface area (Å²) in [5, 5.41) is 16.3. The number of ether oxygens (including phenoxy) is 1. The molecular weight excluding hydrogens is 473 g/mol. The van der Waals surface area contributed by atoms with E-state index in [1.165, 1.54) is 6.07 Å². The molecule has 1 amide bonds. The number of halogens is 2. The summed E-state index contributed by atoms with van der Waals surface area (Å²) in [6, 6.07) is 4.39. The Balaban J connectivity index is 1.38. The number of aromatic nitrogens is 4. The highest BCUT2D eigenvalue weighted by Gasteiger charge is 2.28. The average molecular weight is 498 g/mol. The molecule has 0 unspecified atom stereocenters. The molecule has 1 fully saturated rings. The molecule has 2 aromatic heterocycles. The van der Waals surface area contributed by atoms with E-state index in [0.717, 1.165) is 30.0 Å². The van der Waals surface area contributed by atoms with Gasteiger partial charge in [0.15, 0.2) is 0 Å². The molecule has 0 atom stereocenters. The van der Waals surface area contributed by atoms with Gasteiger partial charge in [-0.2, -0.15) is 10.4 Å². The van der Waals surface area contributed by atoms with E-state index in [9.17, 15) is 9.18 Å². The molecule has 0 spiro atoms. The van der Waals surface area contributed by atoms with Crippen LogP contribution >= 0.6 is 11.6 Å². The highest BCUT2D eigenvalue weighted by Crippen LogP contribution is 2.28. The van der Waals surface area contributed by atoms with E-state index in [4.69, 9.17) is 21.6 Å². The maximum atomic E-state index is 14.2. The first kappa shape index (κ1) is 24.4. The van der Waals surface area contributed by atoms with Gasteiger partial charge in [-0.3, -0.25) is 4.68 Å². The van der Waals surface area contributed by atoms with E-state index in [1.807, 2.05) is 37.7 Å². The number of carbonyl (C=O) groups excluding carboxylic acids is 1. The second-order valence-corrected chi connectivity index (χ2v) is 9.66. The number of hydrogen-bond donors (Lipinski definition) is 1. The van der Waals surface area contributed by atoms with Crippen LogP contribution < -0.4 is 5.32 Å². The van der Waals surface area contributed by atoms with Crippen molar-refractivity contribution in [1.29, 1.82) is 5.26 Å². The number of nitrogens with one attached hydrogen (secondary N) is 1. The zero-order chi connectivity index (χ0) is 25.2. The van der Waals surface area contributed by atoms with Crippen LogP contribution in [-0.4, -0.2) is 49.4 Å². The van der Waals surface area contributed by atoms with Crippen LogP contribution in [0.2, 0.25) is 5.02 Å². The van der Waals surface area contributed by atoms with Gasteiger partial charge in [-0.1, -0.05) is 11.6 Å². The van der Waals surface area contributed by atoms with Crippen molar-refractivity contribution >= 4 is 29.3 Å². The lowest BCUT2D eigenvalue weighted by Gasteiger charge is -2.33. The molecule has 0 aliphatic carbocycles. The SMILES string of the molecule is CC(C)(C)OC(=O)N1CCC(n2cc(-c3cnc(Nc4cc(Cl)c(C#N)cc4F)nc3)cn2)CC1. The van der Waals surface area contributed by atoms with Gasteiger partial charge in [-0.05, 0) is 45.7 Å². The highest BCUT2D eigenvalue weighted by atomic mass is 35.5. The number of nitriles is 1. The van der Waals surface area contributed by atoms with Crippen LogP contribution in [0.5, 0.6) is 0 Å². The fourth-order valence-corrected chi connectivity index (χ4v) is 3.92. The molecule has 4 rings (SSSR count). The number of likely N-dealkylation sites (tertiary alicyclic amines) is 1. The summed E-state index contributed by atoms with van der Waals surface area (Å²) in [5.41, 5.74) is 1.22. The zero-order valence-electron chi connectivity index (χ0n) is 19.6. The van der Waals surface area contributed by atoms with Gasteiger partial charge in [0, 0.05) is 42.8 Å². The quantitative estimate of drug-likeness (QED) is 0.519. The summed E-state index contributed by atoms with van der Waals surface area (Å²) >= 11 is 5.98. The first-order valence-electron chi connectivity index (χ1n) is 11.1. The molecule has 182 valence electrons. The number of amides is 1. The van der Waals surface area contributed by atoms with E-state index in [2.05, 4.69) is 20.4 Å². The topological polar surface area (TPSA) is 109 Å². The standard InChI is InChI=1S/C24H25ClFN7O2/c1-24(2,3)35-23(34)32-6-4-18(5-7-32)33-14-17(13-30-33)16-11-28-22(29-12-16)31-21-9-19(25)15(10-27)8-20(21)26/h8-9,11-14,18H,4-7H2,1-3H3,(H,28,29,31). The number of hydrogen-bond acceptors (Lipinski definition) is 7. The molecule has 0 saturated carbocycles. The van der Waals surface area contributed by atoms with Crippen molar-refractivity contribution in [2.24, 2.45) is 0 Å². The van der Waals surface area contributed by atoms with Crippen LogP contribution in [0.1, 0.15) is 45.2 Å². The van der Waals surface area contributed by atoms with Crippen molar-refractivity contribution in [2.75, 3.05) is 18.4 Å². The highest BCUT2D eigenvalue weighted by molar-refractivity contribution is 6.32. The van der Waals surface area contributed by atoms with Gasteiger partial charge in [0.25, 0.3) is 0 Å². The Labute approximate surface area is 207 Å². The number of nitrogens with zero attached hydrogens (tertiary/aromatic N) is 6. The summed E-state index contributed by atoms with van der Waals surface area (Å²) in [6.07, 6.45) is 8.17. The van der Waals surface area contributed by atoms with Gasteiger partial charge in [0.05, 0.1) is 28.5 Å². The van der Waals surface area contributed by atoms with Gasteiger partial charge in [0.1, 0.15) is 17.5 Å². The van der Waals surface area contributed by atoms with Crippen molar-refractivity contribution in [3.8, 4) is 17.2 Å². The second-order valence-electron chi connectivity index (χ2n) is 9.25. The number of piperidine rings is 1. The lowest BCUT2D eigenvalue weighted by Crippen LogP contribution is -2.42. The second kappa shape index (κ2) is 9.88. The Morgan fingerprint density at radius 2 is 1.89 bits per heavy atom. The van der Waals surface area contributed by atoms with Crippen LogP contribution in [0, 0.1) is 17.1 Å². The average Bonchev–Trinajstić information content (AvgIpc) is 3.31. The van der Waals surface area contributed by atoms with Crippen molar-refractivity contribution in [2.45, 2.75) is 45.3 Å². The summed E-state index contributed by atoms with van der Waals surface area (Å²) in [5.74, 6) is -0.437. The van der Waals surface area contributed by atoms with Gasteiger partial charge in [0.2, 0.25) is 5.95 Å². The van der Waals surface area contributed by atoms with Gasteiger partial charge >= 0.3 is 6.09 Å². The molecule has 1 aliphatic heterocycles. The molecule has 1 aliphatic rings. The monoisotopic (exact) mass is 497 g/mol. The van der Waals surface area contributed by atoms with E-state index >= 15 is 0 Å². The Morgan fingerprint density at radius 3 is 2.51 bits per heavy atom. The first-order chi connectivity index (χ1) is 16.6. The fraction of sp³-hybridized carbons (Fsp3) is 0.375. The van der Waals surface area contributed by atoms with Crippen LogP contribution in [0.25, 0.3) is 11.1 Å². The fourth-order valence-electron chi connectivity index (χ4n) is 3.72. The Hall–Kier alpha value is -3.71. The molecule has 35 heavy (non-hydrogen) atoms. The maximum Gasteiger partial charge on any atom is 0.410 e. The third kappa shape index (κ3) is 5.87. The first-order valence-corrected chi connectivity index (χ1v) is 11.5. The molecule has 0 bridgehead atoms. The summed E-state index contributed by atoms with van der Waals surface area (Å²) in [4.78, 5) is 22.5. The molecule has 3 aromatic rings. The number of carbonyl (C=O) groups is 1. The maximum absolute atomic E-state index is 14.2. The normalized spacial score (nSPS) is 14.5. The number of rotatable bonds is 4. The number of benzene rings is 1. The van der Waals surface area contributed by atoms with E-state index in [0.29, 0.717) is 13.1 Å². The molecule has 1 N–H and O–H groups in total. The predicted octanol–water partition coefficient (Wildman–Crippen LogP) is 5.32. The predicted molar refractivity (Wildman–Crippen MR) is 129 cm³/mol. The van der Waals surface area contributed by atoms with E-state index in [1.54, 1.807) is 23.5 Å². The third-order valence-corrected chi connectivity index (χ3v) is 5.81. The van der Waals surface area contributed by atoms with Crippen molar-refractivity contribution < 1.29 is 13.9 Å². The van der Waals surface area contributed by atoms with Gasteiger partial charge in [-0.15, -0.1) is 0 Å². The van der Waals surface area contributed by atoms with Crippen LogP contribution in [0.4, 0.5) is 20.8 Å². The molecule has 11 heteroatoms. The van der Waals surface area contributed by atoms with E-state index in [-0.39, 0.29) is 34.4 Å². The van der Waals surface area contributed by atoms with Crippen LogP contribution in [-0.2, 0) is 4.74 Å². The van der Waals surface area contributed by atoms with Crippen molar-refractivity contribution in [3.05, 3.63) is 53.3 Å². The molecule has 1 aromatic carbocycles. The molecule has 1 saturated heterocycles. The largest absolute Gasteiger partial charge is 0.444 e. The minimum absolute atomic E-state index is 0.0542. The number of anilines is 2. The Kier molecular flexibility index (Phi) is 6.89. The molecular formula is C24H25ClFN7O2. The molecule has 3 heterocycles. The third-order valence-electron chi connectivity index (χ3n) is 5.50. The summed E-state index contributed by atoms with van der Waals surface area (Å²) < 4.78 is 21.6. The minimum Gasteiger partial charge on any atom is -0.444 e. The smallest absolute Gasteiger partial charge is 0.410 e. The van der Waals surface area contributed by atoms with Crippen LogP contribution in [0.3, 0.4) is 0 Å².